The maximum Gasteiger partial charge on any atom is 0.0547 e. The molecule has 0 amide bonds. The molecule has 0 unspecified atom stereocenters. The molecule has 1 aromatic rings. The Morgan fingerprint density at radius 3 is 2.46 bits per heavy atom. The van der Waals surface area contributed by atoms with Gasteiger partial charge in [-0.15, -0.1) is 0 Å². The zero-order valence-corrected chi connectivity index (χ0v) is 10.0. The van der Waals surface area contributed by atoms with Crippen molar-refractivity contribution < 1.29 is 0 Å². The van der Waals surface area contributed by atoms with E-state index in [9.17, 15) is 0 Å². The van der Waals surface area contributed by atoms with E-state index < -0.39 is 0 Å². The molecule has 1 heteroatoms. The Bertz CT molecular complexity index is 206. The smallest absolute Gasteiger partial charge is 0.0547 e. The van der Waals surface area contributed by atoms with E-state index in [1.807, 2.05) is 0 Å². The van der Waals surface area contributed by atoms with Gasteiger partial charge < -0.3 is 0 Å². The molecule has 0 N–H and O–H groups in total. The molecule has 0 radical (unpaired) electrons. The first-order valence-electron chi connectivity index (χ1n) is 5.47. The first-order valence-corrected chi connectivity index (χ1v) is 7.18. The molecule has 1 rings (SSSR count). The lowest BCUT2D eigenvalue weighted by atomic mass is 10.2. The summed E-state index contributed by atoms with van der Waals surface area (Å²) in [6, 6.07) is 12.5. The highest BCUT2D eigenvalue weighted by atomic mass is 28.2. The average Bonchev–Trinajstić information content (AvgIpc) is 2.19. The lowest BCUT2D eigenvalue weighted by molar-refractivity contribution is 0.701. The lowest BCUT2D eigenvalue weighted by Gasteiger charge is -1.99. The number of benzene rings is 1. The van der Waals surface area contributed by atoms with Gasteiger partial charge in [-0.2, -0.15) is 0 Å². The molecule has 0 saturated carbocycles. The highest BCUT2D eigenvalue weighted by Gasteiger charge is 1.92. The van der Waals surface area contributed by atoms with E-state index in [2.05, 4.69) is 37.3 Å². The van der Waals surface area contributed by atoms with Gasteiger partial charge >= 0.3 is 0 Å². The summed E-state index contributed by atoms with van der Waals surface area (Å²) in [7, 11) is 0.0606. The van der Waals surface area contributed by atoms with E-state index in [0.717, 1.165) is 0 Å². The van der Waals surface area contributed by atoms with Gasteiger partial charge in [0, 0.05) is 0 Å². The van der Waals surface area contributed by atoms with E-state index in [1.54, 1.807) is 5.19 Å². The third-order valence-corrected chi connectivity index (χ3v) is 4.31. The maximum atomic E-state index is 2.28. The first-order chi connectivity index (χ1) is 6.43. The summed E-state index contributed by atoms with van der Waals surface area (Å²) < 4.78 is 0. The second kappa shape index (κ2) is 6.90. The van der Waals surface area contributed by atoms with Crippen LogP contribution in [-0.4, -0.2) is 9.52 Å². The maximum absolute atomic E-state index is 2.28. The van der Waals surface area contributed by atoms with Crippen LogP contribution in [0.3, 0.4) is 0 Å². The number of hydrogen-bond acceptors (Lipinski definition) is 0. The van der Waals surface area contributed by atoms with Gasteiger partial charge in [0.2, 0.25) is 0 Å². The van der Waals surface area contributed by atoms with E-state index in [1.165, 1.54) is 31.7 Å². The second-order valence-corrected chi connectivity index (χ2v) is 5.67. The summed E-state index contributed by atoms with van der Waals surface area (Å²) in [6.45, 7) is 2.27. The van der Waals surface area contributed by atoms with E-state index in [0.29, 0.717) is 0 Å². The Balaban J connectivity index is 2.07. The van der Waals surface area contributed by atoms with Crippen molar-refractivity contribution >= 4 is 14.7 Å². The van der Waals surface area contributed by atoms with Crippen LogP contribution >= 0.6 is 0 Å². The minimum atomic E-state index is 0.0606. The van der Waals surface area contributed by atoms with Gasteiger partial charge in [0.1, 0.15) is 0 Å². The second-order valence-electron chi connectivity index (χ2n) is 3.65. The van der Waals surface area contributed by atoms with Crippen LogP contribution in [0, 0.1) is 0 Å². The van der Waals surface area contributed by atoms with Gasteiger partial charge in [0.25, 0.3) is 0 Å². The Hall–Kier alpha value is -0.563. The summed E-state index contributed by atoms with van der Waals surface area (Å²) in [5.41, 5.74) is 0. The van der Waals surface area contributed by atoms with Crippen LogP contribution in [0.2, 0.25) is 6.04 Å². The van der Waals surface area contributed by atoms with E-state index >= 15 is 0 Å². The third-order valence-electron chi connectivity index (χ3n) is 2.41. The van der Waals surface area contributed by atoms with Gasteiger partial charge in [-0.05, 0) is 0 Å². The summed E-state index contributed by atoms with van der Waals surface area (Å²) in [5.74, 6) is 0. The minimum absolute atomic E-state index is 0.0606. The molecule has 0 heterocycles. The quantitative estimate of drug-likeness (QED) is 0.480. The predicted molar refractivity (Wildman–Crippen MR) is 63.6 cm³/mol. The molecular formula is C12H20Si. The van der Waals surface area contributed by atoms with Gasteiger partial charge in [-0.1, -0.05) is 74.2 Å². The largest absolute Gasteiger partial charge is 0.0669 e. The van der Waals surface area contributed by atoms with Crippen molar-refractivity contribution in [3.63, 3.8) is 0 Å². The van der Waals surface area contributed by atoms with Crippen LogP contribution in [0.5, 0.6) is 0 Å². The van der Waals surface area contributed by atoms with Crippen molar-refractivity contribution in [1.29, 1.82) is 0 Å². The highest BCUT2D eigenvalue weighted by molar-refractivity contribution is 6.53. The Labute approximate surface area is 84.2 Å². The van der Waals surface area contributed by atoms with Crippen molar-refractivity contribution in [2.45, 2.75) is 38.7 Å². The number of hydrogen-bond donors (Lipinski definition) is 0. The molecule has 0 atom stereocenters. The zero-order valence-electron chi connectivity index (χ0n) is 8.63. The molecule has 0 fully saturated rings. The first kappa shape index (κ1) is 10.5. The van der Waals surface area contributed by atoms with Crippen LogP contribution in [0.1, 0.15) is 32.6 Å². The summed E-state index contributed by atoms with van der Waals surface area (Å²) >= 11 is 0. The summed E-state index contributed by atoms with van der Waals surface area (Å²) in [6.07, 6.45) is 5.67. The van der Waals surface area contributed by atoms with Crippen molar-refractivity contribution in [1.82, 2.24) is 0 Å². The predicted octanol–water partition coefficient (Wildman–Crippen LogP) is 2.48. The molecule has 0 saturated heterocycles. The molecule has 1 aromatic carbocycles. The highest BCUT2D eigenvalue weighted by Crippen LogP contribution is 2.01. The standard InChI is InChI=1S/C12H20Si/c1-2-3-4-8-11-13-12-9-6-5-7-10-12/h5-7,9-10H,2-4,8,11,13H2,1H3. The molecule has 0 aliphatic heterocycles. The van der Waals surface area contributed by atoms with Crippen LogP contribution in [-0.2, 0) is 0 Å². The average molecular weight is 192 g/mol. The number of unbranched alkanes of at least 4 members (excludes halogenated alkanes) is 3. The van der Waals surface area contributed by atoms with E-state index in [-0.39, 0.29) is 9.52 Å². The topological polar surface area (TPSA) is 0 Å². The van der Waals surface area contributed by atoms with Crippen molar-refractivity contribution in [2.24, 2.45) is 0 Å². The summed E-state index contributed by atoms with van der Waals surface area (Å²) in [5, 5.41) is 1.62. The van der Waals surface area contributed by atoms with Crippen LogP contribution in [0.4, 0.5) is 0 Å². The fraction of sp³-hybridized carbons (Fsp3) is 0.500. The van der Waals surface area contributed by atoms with Gasteiger partial charge in [-0.3, -0.25) is 0 Å². The molecule has 0 aromatic heterocycles. The molecule has 0 aliphatic carbocycles. The molecular weight excluding hydrogens is 172 g/mol. The Morgan fingerprint density at radius 1 is 1.00 bits per heavy atom. The zero-order chi connectivity index (χ0) is 9.36. The summed E-state index contributed by atoms with van der Waals surface area (Å²) in [4.78, 5) is 0. The number of rotatable bonds is 6. The van der Waals surface area contributed by atoms with Crippen LogP contribution in [0.15, 0.2) is 30.3 Å². The van der Waals surface area contributed by atoms with Gasteiger partial charge in [-0.25, -0.2) is 0 Å². The van der Waals surface area contributed by atoms with Crippen molar-refractivity contribution in [3.8, 4) is 0 Å². The molecule has 72 valence electrons. The minimum Gasteiger partial charge on any atom is -0.0669 e. The monoisotopic (exact) mass is 192 g/mol. The normalized spacial score (nSPS) is 11.2. The fourth-order valence-electron chi connectivity index (χ4n) is 1.58. The Kier molecular flexibility index (Phi) is 5.58. The molecule has 0 spiro atoms. The lowest BCUT2D eigenvalue weighted by Crippen LogP contribution is -2.12. The molecule has 0 bridgehead atoms. The van der Waals surface area contributed by atoms with E-state index in [4.69, 9.17) is 0 Å². The Morgan fingerprint density at radius 2 is 1.77 bits per heavy atom. The van der Waals surface area contributed by atoms with Crippen LogP contribution in [0.25, 0.3) is 0 Å². The van der Waals surface area contributed by atoms with Crippen molar-refractivity contribution in [3.05, 3.63) is 30.3 Å². The van der Waals surface area contributed by atoms with Gasteiger partial charge in [0.15, 0.2) is 0 Å². The fourth-order valence-corrected chi connectivity index (χ4v) is 3.19. The van der Waals surface area contributed by atoms with Crippen molar-refractivity contribution in [2.75, 3.05) is 0 Å². The SMILES string of the molecule is CCCCCC[SiH2]c1ccccc1. The van der Waals surface area contributed by atoms with Gasteiger partial charge in [0.05, 0.1) is 9.52 Å². The molecule has 13 heavy (non-hydrogen) atoms. The van der Waals surface area contributed by atoms with Crippen LogP contribution < -0.4 is 5.19 Å². The molecule has 0 nitrogen and oxygen atoms in total. The molecule has 0 aliphatic rings. The third kappa shape index (κ3) is 4.89.